The molecule has 4 rings (SSSR count). The smallest absolute Gasteiger partial charge is 0.343 e. The van der Waals surface area contributed by atoms with Gasteiger partial charge in [0.2, 0.25) is 5.88 Å². The Bertz CT molecular complexity index is 1310. The average molecular weight is 458 g/mol. The largest absolute Gasteiger partial charge is 0.497 e. The van der Waals surface area contributed by atoms with E-state index in [2.05, 4.69) is 6.07 Å². The molecule has 8 nitrogen and oxygen atoms in total. The van der Waals surface area contributed by atoms with Crippen LogP contribution in [0.15, 0.2) is 72.1 Å². The summed E-state index contributed by atoms with van der Waals surface area (Å²) in [7, 11) is 4.65. The van der Waals surface area contributed by atoms with Crippen LogP contribution in [-0.2, 0) is 0 Å². The predicted octanol–water partition coefficient (Wildman–Crippen LogP) is 4.15. The quantitative estimate of drug-likeness (QED) is 0.433. The third-order valence-electron chi connectivity index (χ3n) is 5.48. The monoisotopic (exact) mass is 458 g/mol. The Labute approximate surface area is 196 Å². The molecule has 0 fully saturated rings. The Balaban J connectivity index is 1.70. The number of hydrogen-bond acceptors (Lipinski definition) is 8. The summed E-state index contributed by atoms with van der Waals surface area (Å²) < 4.78 is 27.2. The fourth-order valence-electron chi connectivity index (χ4n) is 3.77. The fraction of sp³-hybridized carbons (Fsp3) is 0.154. The Morgan fingerprint density at radius 3 is 2.18 bits per heavy atom. The van der Waals surface area contributed by atoms with Crippen molar-refractivity contribution < 1.29 is 28.5 Å². The maximum Gasteiger partial charge on any atom is 0.343 e. The van der Waals surface area contributed by atoms with E-state index in [1.807, 2.05) is 6.07 Å². The molecule has 3 aromatic carbocycles. The van der Waals surface area contributed by atoms with Crippen LogP contribution in [0, 0.1) is 11.3 Å². The molecule has 0 aliphatic carbocycles. The molecule has 0 bridgehead atoms. The zero-order chi connectivity index (χ0) is 24.2. The molecular formula is C26H22N2O6. The van der Waals surface area contributed by atoms with Gasteiger partial charge in [0.15, 0.2) is 0 Å². The number of nitriles is 1. The summed E-state index contributed by atoms with van der Waals surface area (Å²) in [6.07, 6.45) is 0. The van der Waals surface area contributed by atoms with Gasteiger partial charge in [-0.3, -0.25) is 0 Å². The van der Waals surface area contributed by atoms with Crippen LogP contribution in [0.3, 0.4) is 0 Å². The summed E-state index contributed by atoms with van der Waals surface area (Å²) in [5.74, 6) is 1.32. The molecule has 0 aromatic heterocycles. The number of carbonyl (C=O) groups excluding carboxylic acids is 1. The molecule has 0 radical (unpaired) electrons. The number of esters is 1. The zero-order valence-electron chi connectivity index (χ0n) is 18.8. The Morgan fingerprint density at radius 2 is 1.53 bits per heavy atom. The van der Waals surface area contributed by atoms with Gasteiger partial charge in [-0.15, -0.1) is 0 Å². The van der Waals surface area contributed by atoms with Crippen molar-refractivity contribution in [3.63, 3.8) is 0 Å². The van der Waals surface area contributed by atoms with Gasteiger partial charge in [0.05, 0.1) is 32.8 Å². The van der Waals surface area contributed by atoms with Gasteiger partial charge in [0.1, 0.15) is 40.4 Å². The van der Waals surface area contributed by atoms with E-state index >= 15 is 0 Å². The van der Waals surface area contributed by atoms with Gasteiger partial charge in [-0.05, 0) is 36.4 Å². The maximum atomic E-state index is 12.6. The molecule has 0 saturated heterocycles. The van der Waals surface area contributed by atoms with Gasteiger partial charge in [-0.1, -0.05) is 12.1 Å². The molecule has 1 unspecified atom stereocenters. The third-order valence-corrected chi connectivity index (χ3v) is 5.48. The van der Waals surface area contributed by atoms with Crippen molar-refractivity contribution in [1.29, 1.82) is 5.26 Å². The van der Waals surface area contributed by atoms with Gasteiger partial charge in [-0.2, -0.15) is 5.26 Å². The summed E-state index contributed by atoms with van der Waals surface area (Å²) in [5.41, 5.74) is 8.11. The Hall–Kier alpha value is -4.64. The van der Waals surface area contributed by atoms with E-state index < -0.39 is 11.9 Å². The number of rotatable bonds is 6. The topological polar surface area (TPSA) is 113 Å². The second-order valence-corrected chi connectivity index (χ2v) is 7.35. The number of benzene rings is 3. The summed E-state index contributed by atoms with van der Waals surface area (Å²) >= 11 is 0. The number of ether oxygens (including phenoxy) is 5. The van der Waals surface area contributed by atoms with Crippen LogP contribution in [0.4, 0.5) is 0 Å². The van der Waals surface area contributed by atoms with E-state index in [1.165, 1.54) is 0 Å². The second kappa shape index (κ2) is 9.46. The van der Waals surface area contributed by atoms with Crippen LogP contribution in [0.25, 0.3) is 0 Å². The average Bonchev–Trinajstić information content (AvgIpc) is 2.87. The first-order valence-electron chi connectivity index (χ1n) is 10.3. The predicted molar refractivity (Wildman–Crippen MR) is 123 cm³/mol. The lowest BCUT2D eigenvalue weighted by Gasteiger charge is -2.27. The normalized spacial score (nSPS) is 14.4. The molecule has 0 spiro atoms. The molecule has 1 aliphatic heterocycles. The van der Waals surface area contributed by atoms with E-state index in [-0.39, 0.29) is 17.2 Å². The number of allylic oxidation sites excluding steroid dienone is 1. The standard InChI is InChI=1S/C26H22N2O6/c1-30-16-6-4-15(5-7-16)26(29)33-18-9-11-20-23(13-18)34-25(28)21(14-27)24(20)19-10-8-17(31-2)12-22(19)32-3/h4-13,24H,28H2,1-3H3. The lowest BCUT2D eigenvalue weighted by atomic mass is 9.83. The summed E-state index contributed by atoms with van der Waals surface area (Å²) in [6.45, 7) is 0. The van der Waals surface area contributed by atoms with Crippen LogP contribution in [0.5, 0.6) is 28.7 Å². The van der Waals surface area contributed by atoms with Crippen molar-refractivity contribution in [2.45, 2.75) is 5.92 Å². The summed E-state index contributed by atoms with van der Waals surface area (Å²) in [5, 5.41) is 9.81. The zero-order valence-corrected chi connectivity index (χ0v) is 18.8. The van der Waals surface area contributed by atoms with E-state index in [9.17, 15) is 10.1 Å². The molecule has 1 heterocycles. The number of hydrogen-bond donors (Lipinski definition) is 1. The number of fused-ring (bicyclic) bond motifs is 1. The van der Waals surface area contributed by atoms with Crippen LogP contribution >= 0.6 is 0 Å². The van der Waals surface area contributed by atoms with Crippen LogP contribution < -0.4 is 29.4 Å². The molecule has 172 valence electrons. The lowest BCUT2D eigenvalue weighted by molar-refractivity contribution is 0.0734. The number of methoxy groups -OCH3 is 3. The summed E-state index contributed by atoms with van der Waals surface area (Å²) in [6, 6.07) is 19.0. The van der Waals surface area contributed by atoms with Crippen molar-refractivity contribution in [3.8, 4) is 34.8 Å². The van der Waals surface area contributed by atoms with Crippen LogP contribution in [0.2, 0.25) is 0 Å². The van der Waals surface area contributed by atoms with Gasteiger partial charge in [0.25, 0.3) is 0 Å². The Morgan fingerprint density at radius 1 is 0.882 bits per heavy atom. The Kier molecular flexibility index (Phi) is 6.28. The maximum absolute atomic E-state index is 12.6. The number of nitrogens with two attached hydrogens (primary N) is 1. The highest BCUT2D eigenvalue weighted by Crippen LogP contribution is 2.46. The first-order chi connectivity index (χ1) is 16.5. The highest BCUT2D eigenvalue weighted by molar-refractivity contribution is 5.91. The highest BCUT2D eigenvalue weighted by Gasteiger charge is 2.33. The minimum absolute atomic E-state index is 0.0310. The van der Waals surface area contributed by atoms with Gasteiger partial charge in [-0.25, -0.2) is 4.79 Å². The highest BCUT2D eigenvalue weighted by atomic mass is 16.5. The fourth-order valence-corrected chi connectivity index (χ4v) is 3.77. The van der Waals surface area contributed by atoms with Crippen molar-refractivity contribution in [2.75, 3.05) is 21.3 Å². The van der Waals surface area contributed by atoms with Crippen molar-refractivity contribution >= 4 is 5.97 Å². The number of carbonyl (C=O) groups is 1. The molecule has 1 aliphatic rings. The first-order valence-corrected chi connectivity index (χ1v) is 10.3. The molecule has 8 heteroatoms. The van der Waals surface area contributed by atoms with E-state index in [1.54, 1.807) is 75.9 Å². The van der Waals surface area contributed by atoms with Crippen molar-refractivity contribution in [2.24, 2.45) is 5.73 Å². The van der Waals surface area contributed by atoms with Crippen LogP contribution in [0.1, 0.15) is 27.4 Å². The van der Waals surface area contributed by atoms with Crippen LogP contribution in [-0.4, -0.2) is 27.3 Å². The molecule has 0 saturated carbocycles. The first kappa shape index (κ1) is 22.6. The van der Waals surface area contributed by atoms with E-state index in [0.717, 1.165) is 5.56 Å². The molecule has 0 amide bonds. The van der Waals surface area contributed by atoms with E-state index in [0.29, 0.717) is 34.1 Å². The third kappa shape index (κ3) is 4.19. The van der Waals surface area contributed by atoms with Gasteiger partial charge < -0.3 is 29.4 Å². The summed E-state index contributed by atoms with van der Waals surface area (Å²) in [4.78, 5) is 12.6. The second-order valence-electron chi connectivity index (χ2n) is 7.35. The minimum atomic E-state index is -0.541. The molecule has 2 N–H and O–H groups in total. The van der Waals surface area contributed by atoms with Crippen molar-refractivity contribution in [1.82, 2.24) is 0 Å². The lowest BCUT2D eigenvalue weighted by Crippen LogP contribution is -2.21. The molecular weight excluding hydrogens is 436 g/mol. The molecule has 1 atom stereocenters. The minimum Gasteiger partial charge on any atom is -0.497 e. The molecule has 34 heavy (non-hydrogen) atoms. The van der Waals surface area contributed by atoms with Crippen molar-refractivity contribution in [3.05, 3.63) is 88.8 Å². The van der Waals surface area contributed by atoms with E-state index in [4.69, 9.17) is 29.4 Å². The molecule has 3 aromatic rings. The van der Waals surface area contributed by atoms with Gasteiger partial charge >= 0.3 is 5.97 Å². The van der Waals surface area contributed by atoms with Gasteiger partial charge in [0, 0.05) is 23.3 Å². The number of nitrogens with zero attached hydrogens (tertiary/aromatic N) is 1. The SMILES string of the molecule is COc1ccc(C(=O)Oc2ccc3c(c2)OC(N)=C(C#N)C3c2ccc(OC)cc2OC)cc1.